The van der Waals surface area contributed by atoms with Gasteiger partial charge in [-0.3, -0.25) is 11.3 Å². The van der Waals surface area contributed by atoms with Crippen LogP contribution in [0.1, 0.15) is 23.1 Å². The lowest BCUT2D eigenvalue weighted by atomic mass is 9.90. The highest BCUT2D eigenvalue weighted by Crippen LogP contribution is 2.45. The van der Waals surface area contributed by atoms with E-state index in [1.54, 1.807) is 12.5 Å². The van der Waals surface area contributed by atoms with E-state index >= 15 is 0 Å². The zero-order chi connectivity index (χ0) is 11.7. The lowest BCUT2D eigenvalue weighted by Crippen LogP contribution is -2.32. The summed E-state index contributed by atoms with van der Waals surface area (Å²) in [5.41, 5.74) is 5.40. The minimum absolute atomic E-state index is 0.116. The van der Waals surface area contributed by atoms with Gasteiger partial charge < -0.3 is 4.42 Å². The number of nitrogens with two attached hydrogens (primary N) is 1. The molecule has 0 fully saturated rings. The van der Waals surface area contributed by atoms with Crippen molar-refractivity contribution < 1.29 is 4.42 Å². The molecule has 0 bridgehead atoms. The van der Waals surface area contributed by atoms with Crippen molar-refractivity contribution in [2.24, 2.45) is 5.84 Å². The molecule has 0 amide bonds. The van der Waals surface area contributed by atoms with E-state index in [9.17, 15) is 0 Å². The zero-order valence-electron chi connectivity index (χ0n) is 9.30. The molecule has 3 rings (SSSR count). The monoisotopic (exact) mass is 246 g/mol. The van der Waals surface area contributed by atoms with Gasteiger partial charge in [-0.1, -0.05) is 18.2 Å². The van der Waals surface area contributed by atoms with E-state index in [1.165, 1.54) is 10.5 Å². The van der Waals surface area contributed by atoms with E-state index in [4.69, 9.17) is 10.3 Å². The summed E-state index contributed by atoms with van der Waals surface area (Å²) < 4.78 is 5.14. The van der Waals surface area contributed by atoms with E-state index in [-0.39, 0.29) is 6.04 Å². The number of fused-ring (bicyclic) bond motifs is 1. The number of hydrogen-bond acceptors (Lipinski definition) is 4. The fourth-order valence-electron chi connectivity index (χ4n) is 2.36. The number of nitrogens with one attached hydrogen (secondary N) is 1. The van der Waals surface area contributed by atoms with E-state index in [0.29, 0.717) is 5.92 Å². The van der Waals surface area contributed by atoms with Crippen LogP contribution in [-0.2, 0) is 0 Å². The van der Waals surface area contributed by atoms with E-state index < -0.39 is 0 Å². The number of thioether (sulfide) groups is 1. The highest BCUT2D eigenvalue weighted by molar-refractivity contribution is 7.99. The second-order valence-electron chi connectivity index (χ2n) is 4.16. The second kappa shape index (κ2) is 4.56. The van der Waals surface area contributed by atoms with Gasteiger partial charge in [0.1, 0.15) is 0 Å². The summed E-state index contributed by atoms with van der Waals surface area (Å²) in [6.07, 6.45) is 3.45. The molecule has 2 atom stereocenters. The molecular weight excluding hydrogens is 232 g/mol. The largest absolute Gasteiger partial charge is 0.472 e. The Labute approximate surface area is 104 Å². The predicted molar refractivity (Wildman–Crippen MR) is 68.7 cm³/mol. The quantitative estimate of drug-likeness (QED) is 0.646. The zero-order valence-corrected chi connectivity index (χ0v) is 10.1. The molecule has 1 aromatic carbocycles. The van der Waals surface area contributed by atoms with Crippen LogP contribution in [0.25, 0.3) is 0 Å². The van der Waals surface area contributed by atoms with Gasteiger partial charge in [-0.15, -0.1) is 11.8 Å². The van der Waals surface area contributed by atoms with Crippen molar-refractivity contribution in [1.82, 2.24) is 5.43 Å². The SMILES string of the molecule is NNC(c1ccoc1)C1CSc2ccccc21. The summed E-state index contributed by atoms with van der Waals surface area (Å²) in [6, 6.07) is 10.6. The standard InChI is InChI=1S/C13H14N2OS/c14-15-13(9-5-6-16-7-9)11-8-17-12-4-2-1-3-10(11)12/h1-7,11,13,15H,8,14H2. The minimum Gasteiger partial charge on any atom is -0.472 e. The van der Waals surface area contributed by atoms with Crippen LogP contribution in [0.2, 0.25) is 0 Å². The number of hydrogen-bond donors (Lipinski definition) is 2. The van der Waals surface area contributed by atoms with Crippen LogP contribution in [-0.4, -0.2) is 5.75 Å². The van der Waals surface area contributed by atoms with Crippen LogP contribution < -0.4 is 11.3 Å². The number of rotatable bonds is 3. The average Bonchev–Trinajstić information content (AvgIpc) is 3.01. The maximum absolute atomic E-state index is 5.70. The van der Waals surface area contributed by atoms with Gasteiger partial charge in [0.15, 0.2) is 0 Å². The summed E-state index contributed by atoms with van der Waals surface area (Å²) in [7, 11) is 0. The Bertz CT molecular complexity index is 498. The van der Waals surface area contributed by atoms with Gasteiger partial charge in [0, 0.05) is 22.1 Å². The molecule has 2 aromatic rings. The van der Waals surface area contributed by atoms with Crippen LogP contribution >= 0.6 is 11.8 Å². The van der Waals surface area contributed by atoms with Gasteiger partial charge in [0.05, 0.1) is 18.6 Å². The molecule has 3 N–H and O–H groups in total. The molecule has 4 heteroatoms. The number of hydrazine groups is 1. The Kier molecular flexibility index (Phi) is 2.93. The molecule has 88 valence electrons. The maximum Gasteiger partial charge on any atom is 0.0951 e. The Hall–Kier alpha value is -1.23. The third-order valence-corrected chi connectivity index (χ3v) is 4.43. The Balaban J connectivity index is 1.95. The molecule has 2 heterocycles. The first-order chi connectivity index (χ1) is 8.40. The fraction of sp³-hybridized carbons (Fsp3) is 0.231. The van der Waals surface area contributed by atoms with Crippen LogP contribution in [0.15, 0.2) is 52.2 Å². The molecular formula is C13H14N2OS. The summed E-state index contributed by atoms with van der Waals surface area (Å²) >= 11 is 1.89. The first kappa shape index (κ1) is 10.9. The van der Waals surface area contributed by atoms with Crippen LogP contribution in [0.4, 0.5) is 0 Å². The van der Waals surface area contributed by atoms with Crippen molar-refractivity contribution >= 4 is 11.8 Å². The van der Waals surface area contributed by atoms with Gasteiger partial charge in [0.25, 0.3) is 0 Å². The Morgan fingerprint density at radius 2 is 2.24 bits per heavy atom. The second-order valence-corrected chi connectivity index (χ2v) is 5.22. The highest BCUT2D eigenvalue weighted by Gasteiger charge is 2.31. The lowest BCUT2D eigenvalue weighted by Gasteiger charge is -2.21. The van der Waals surface area contributed by atoms with Gasteiger partial charge in [-0.25, -0.2) is 0 Å². The van der Waals surface area contributed by atoms with Gasteiger partial charge in [0.2, 0.25) is 0 Å². The molecule has 17 heavy (non-hydrogen) atoms. The molecule has 1 aliphatic heterocycles. The van der Waals surface area contributed by atoms with Crippen LogP contribution in [0, 0.1) is 0 Å². The molecule has 0 aliphatic carbocycles. The molecule has 0 spiro atoms. The number of benzene rings is 1. The topological polar surface area (TPSA) is 51.2 Å². The molecule has 1 aromatic heterocycles. The minimum atomic E-state index is 0.116. The third kappa shape index (κ3) is 1.88. The van der Waals surface area contributed by atoms with Crippen molar-refractivity contribution in [3.05, 3.63) is 54.0 Å². The van der Waals surface area contributed by atoms with Crippen LogP contribution in [0.5, 0.6) is 0 Å². The Morgan fingerprint density at radius 3 is 3.00 bits per heavy atom. The molecule has 3 nitrogen and oxygen atoms in total. The first-order valence-electron chi connectivity index (χ1n) is 5.60. The van der Waals surface area contributed by atoms with E-state index in [2.05, 4.69) is 29.7 Å². The smallest absolute Gasteiger partial charge is 0.0951 e. The lowest BCUT2D eigenvalue weighted by molar-refractivity contribution is 0.475. The summed E-state index contributed by atoms with van der Waals surface area (Å²) in [6.45, 7) is 0. The molecule has 1 aliphatic rings. The van der Waals surface area contributed by atoms with Gasteiger partial charge >= 0.3 is 0 Å². The van der Waals surface area contributed by atoms with E-state index in [0.717, 1.165) is 11.3 Å². The van der Waals surface area contributed by atoms with Gasteiger partial charge in [-0.2, -0.15) is 0 Å². The fourth-order valence-corrected chi connectivity index (χ4v) is 3.65. The molecule has 0 radical (unpaired) electrons. The summed E-state index contributed by atoms with van der Waals surface area (Å²) in [5, 5.41) is 0. The number of furan rings is 1. The average molecular weight is 246 g/mol. The normalized spacial score (nSPS) is 20.2. The Morgan fingerprint density at radius 1 is 1.35 bits per heavy atom. The summed E-state index contributed by atoms with van der Waals surface area (Å²) in [4.78, 5) is 1.36. The molecule has 2 unspecified atom stereocenters. The molecule has 0 saturated heterocycles. The maximum atomic E-state index is 5.70. The molecule has 0 saturated carbocycles. The first-order valence-corrected chi connectivity index (χ1v) is 6.58. The van der Waals surface area contributed by atoms with Crippen molar-refractivity contribution in [3.8, 4) is 0 Å². The van der Waals surface area contributed by atoms with Crippen molar-refractivity contribution in [2.45, 2.75) is 16.9 Å². The van der Waals surface area contributed by atoms with Crippen LogP contribution in [0.3, 0.4) is 0 Å². The van der Waals surface area contributed by atoms with Crippen molar-refractivity contribution in [3.63, 3.8) is 0 Å². The van der Waals surface area contributed by atoms with Gasteiger partial charge in [-0.05, 0) is 17.7 Å². The highest BCUT2D eigenvalue weighted by atomic mass is 32.2. The van der Waals surface area contributed by atoms with Crippen molar-refractivity contribution in [2.75, 3.05) is 5.75 Å². The predicted octanol–water partition coefficient (Wildman–Crippen LogP) is 2.67. The third-order valence-electron chi connectivity index (χ3n) is 3.22. The van der Waals surface area contributed by atoms with Crippen molar-refractivity contribution in [1.29, 1.82) is 0 Å². The van der Waals surface area contributed by atoms with E-state index in [1.807, 2.05) is 17.8 Å². The summed E-state index contributed by atoms with van der Waals surface area (Å²) in [5.74, 6) is 7.16.